The third kappa shape index (κ3) is 2.05. The number of halogens is 3. The van der Waals surface area contributed by atoms with Crippen LogP contribution in [0.2, 0.25) is 5.02 Å². The lowest BCUT2D eigenvalue weighted by atomic mass is 10.1. The van der Waals surface area contributed by atoms with Crippen LogP contribution in [0.4, 0.5) is 8.78 Å². The molecule has 0 fully saturated rings. The summed E-state index contributed by atoms with van der Waals surface area (Å²) < 4.78 is 26.0. The van der Waals surface area contributed by atoms with E-state index in [1.54, 1.807) is 0 Å². The van der Waals surface area contributed by atoms with Crippen molar-refractivity contribution in [3.63, 3.8) is 0 Å². The predicted octanol–water partition coefficient (Wildman–Crippen LogP) is 2.80. The molecule has 0 heterocycles. The van der Waals surface area contributed by atoms with Gasteiger partial charge in [-0.2, -0.15) is 0 Å². The molecule has 1 aromatic rings. The van der Waals surface area contributed by atoms with Crippen molar-refractivity contribution in [2.75, 3.05) is 0 Å². The lowest BCUT2D eigenvalue weighted by Crippen LogP contribution is -2.09. The first-order chi connectivity index (χ1) is 6.06. The van der Waals surface area contributed by atoms with Crippen LogP contribution in [0.25, 0.3) is 0 Å². The van der Waals surface area contributed by atoms with Gasteiger partial charge in [0.05, 0.1) is 11.1 Å². The Hall–Kier alpha value is -0.930. The van der Waals surface area contributed by atoms with Crippen LogP contribution in [-0.2, 0) is 0 Å². The van der Waals surface area contributed by atoms with Gasteiger partial charge in [0, 0.05) is 5.56 Å². The van der Waals surface area contributed by atoms with E-state index in [1.165, 1.54) is 6.08 Å². The summed E-state index contributed by atoms with van der Waals surface area (Å²) in [7, 11) is 0. The third-order valence-electron chi connectivity index (χ3n) is 1.65. The van der Waals surface area contributed by atoms with Crippen molar-refractivity contribution < 1.29 is 8.78 Å². The molecule has 1 atom stereocenters. The van der Waals surface area contributed by atoms with Crippen molar-refractivity contribution in [3.05, 3.63) is 47.0 Å². The quantitative estimate of drug-likeness (QED) is 0.581. The van der Waals surface area contributed by atoms with Crippen LogP contribution in [0.1, 0.15) is 11.6 Å². The summed E-state index contributed by atoms with van der Waals surface area (Å²) in [6, 6.07) is 1.16. The van der Waals surface area contributed by atoms with Gasteiger partial charge in [0.25, 0.3) is 0 Å². The number of hydrogen-bond acceptors (Lipinski definition) is 1. The molecule has 0 bridgehead atoms. The van der Waals surface area contributed by atoms with Crippen LogP contribution >= 0.6 is 11.6 Å². The Morgan fingerprint density at radius 1 is 1.38 bits per heavy atom. The molecule has 2 N–H and O–H groups in total. The van der Waals surface area contributed by atoms with E-state index in [2.05, 4.69) is 6.58 Å². The fourth-order valence-electron chi connectivity index (χ4n) is 0.920. The van der Waals surface area contributed by atoms with Crippen molar-refractivity contribution in [3.8, 4) is 0 Å². The Morgan fingerprint density at radius 3 is 2.54 bits per heavy atom. The standard InChI is InChI=1S/C9H8ClF2N/c1-2-9(13)5-3-8(12)6(10)4-7(5)11/h2-4,9H,1,13H2. The highest BCUT2D eigenvalue weighted by molar-refractivity contribution is 6.30. The smallest absolute Gasteiger partial charge is 0.142 e. The highest BCUT2D eigenvalue weighted by atomic mass is 35.5. The summed E-state index contributed by atoms with van der Waals surface area (Å²) in [4.78, 5) is 0. The zero-order valence-corrected chi connectivity index (χ0v) is 7.48. The first kappa shape index (κ1) is 10.2. The van der Waals surface area contributed by atoms with Crippen molar-refractivity contribution in [1.82, 2.24) is 0 Å². The molecule has 0 aromatic heterocycles. The molecule has 70 valence electrons. The Kier molecular flexibility index (Phi) is 3.01. The van der Waals surface area contributed by atoms with E-state index >= 15 is 0 Å². The molecule has 4 heteroatoms. The van der Waals surface area contributed by atoms with Gasteiger partial charge in [-0.25, -0.2) is 8.78 Å². The molecule has 0 aliphatic rings. The van der Waals surface area contributed by atoms with Crippen molar-refractivity contribution in [2.24, 2.45) is 5.73 Å². The monoisotopic (exact) mass is 203 g/mol. The maximum absolute atomic E-state index is 13.1. The van der Waals surface area contributed by atoms with E-state index in [1.807, 2.05) is 0 Å². The van der Waals surface area contributed by atoms with Gasteiger partial charge in [-0.3, -0.25) is 0 Å². The molecular formula is C9H8ClF2N. The largest absolute Gasteiger partial charge is 0.321 e. The van der Waals surface area contributed by atoms with Crippen LogP contribution in [-0.4, -0.2) is 0 Å². The lowest BCUT2D eigenvalue weighted by molar-refractivity contribution is 0.579. The van der Waals surface area contributed by atoms with Gasteiger partial charge in [0.1, 0.15) is 11.6 Å². The van der Waals surface area contributed by atoms with E-state index in [0.717, 1.165) is 12.1 Å². The topological polar surface area (TPSA) is 26.0 Å². The van der Waals surface area contributed by atoms with E-state index in [-0.39, 0.29) is 10.6 Å². The molecule has 1 nitrogen and oxygen atoms in total. The minimum absolute atomic E-state index is 0.0527. The number of rotatable bonds is 2. The van der Waals surface area contributed by atoms with Crippen molar-refractivity contribution in [1.29, 1.82) is 0 Å². The first-order valence-electron chi connectivity index (χ1n) is 3.59. The van der Waals surface area contributed by atoms with Gasteiger partial charge in [-0.15, -0.1) is 6.58 Å². The average molecular weight is 204 g/mol. The van der Waals surface area contributed by atoms with Crippen molar-refractivity contribution in [2.45, 2.75) is 6.04 Å². The fourth-order valence-corrected chi connectivity index (χ4v) is 1.07. The van der Waals surface area contributed by atoms with Gasteiger partial charge >= 0.3 is 0 Å². The van der Waals surface area contributed by atoms with Gasteiger partial charge in [0.2, 0.25) is 0 Å². The second kappa shape index (κ2) is 3.85. The Balaban J connectivity index is 3.22. The second-order valence-corrected chi connectivity index (χ2v) is 2.96. The average Bonchev–Trinajstić information content (AvgIpc) is 2.10. The predicted molar refractivity (Wildman–Crippen MR) is 48.5 cm³/mol. The number of benzene rings is 1. The highest BCUT2D eigenvalue weighted by Crippen LogP contribution is 2.23. The zero-order chi connectivity index (χ0) is 10.0. The van der Waals surface area contributed by atoms with Crippen LogP contribution in [0.3, 0.4) is 0 Å². The SMILES string of the molecule is C=CC(N)c1cc(F)c(Cl)cc1F. The van der Waals surface area contributed by atoms with E-state index in [9.17, 15) is 8.78 Å². The maximum Gasteiger partial charge on any atom is 0.142 e. The molecule has 0 amide bonds. The summed E-state index contributed by atoms with van der Waals surface area (Å²) in [6.45, 7) is 3.38. The highest BCUT2D eigenvalue weighted by Gasteiger charge is 2.12. The zero-order valence-electron chi connectivity index (χ0n) is 6.73. The van der Waals surface area contributed by atoms with E-state index in [4.69, 9.17) is 17.3 Å². The second-order valence-electron chi connectivity index (χ2n) is 2.55. The lowest BCUT2D eigenvalue weighted by Gasteiger charge is -2.08. The molecule has 0 aliphatic carbocycles. The Labute approximate surface area is 79.8 Å². The van der Waals surface area contributed by atoms with E-state index < -0.39 is 17.7 Å². The van der Waals surface area contributed by atoms with Crippen LogP contribution in [0, 0.1) is 11.6 Å². The Bertz CT molecular complexity index is 339. The summed E-state index contributed by atoms with van der Waals surface area (Å²) in [6.07, 6.45) is 1.33. The fraction of sp³-hybridized carbons (Fsp3) is 0.111. The van der Waals surface area contributed by atoms with E-state index in [0.29, 0.717) is 0 Å². The van der Waals surface area contributed by atoms with Crippen molar-refractivity contribution >= 4 is 11.6 Å². The molecular weight excluding hydrogens is 196 g/mol. The minimum Gasteiger partial charge on any atom is -0.321 e. The van der Waals surface area contributed by atoms with Gasteiger partial charge in [-0.1, -0.05) is 17.7 Å². The summed E-state index contributed by atoms with van der Waals surface area (Å²) in [5.74, 6) is -1.31. The maximum atomic E-state index is 13.1. The molecule has 13 heavy (non-hydrogen) atoms. The molecule has 0 radical (unpaired) electrons. The van der Waals surface area contributed by atoms with Gasteiger partial charge < -0.3 is 5.73 Å². The Morgan fingerprint density at radius 2 is 2.00 bits per heavy atom. The minimum atomic E-state index is -0.716. The molecule has 0 aliphatic heterocycles. The summed E-state index contributed by atoms with van der Waals surface area (Å²) in [5.41, 5.74) is 5.50. The van der Waals surface area contributed by atoms with Crippen LogP contribution in [0.15, 0.2) is 24.8 Å². The molecule has 1 unspecified atom stereocenters. The van der Waals surface area contributed by atoms with Gasteiger partial charge in [0.15, 0.2) is 0 Å². The summed E-state index contributed by atoms with van der Waals surface area (Å²) >= 11 is 5.35. The summed E-state index contributed by atoms with van der Waals surface area (Å²) in [5, 5.41) is -0.252. The number of hydrogen-bond donors (Lipinski definition) is 1. The molecule has 0 spiro atoms. The molecule has 1 rings (SSSR count). The first-order valence-corrected chi connectivity index (χ1v) is 3.96. The molecule has 1 aromatic carbocycles. The third-order valence-corrected chi connectivity index (χ3v) is 1.94. The van der Waals surface area contributed by atoms with Gasteiger partial charge in [-0.05, 0) is 12.1 Å². The van der Waals surface area contributed by atoms with Crippen LogP contribution < -0.4 is 5.73 Å². The normalized spacial score (nSPS) is 12.6. The molecule has 0 saturated carbocycles. The number of nitrogens with two attached hydrogens (primary N) is 1. The molecule has 0 saturated heterocycles. The van der Waals surface area contributed by atoms with Crippen LogP contribution in [0.5, 0.6) is 0 Å².